The third kappa shape index (κ3) is 3.98. The van der Waals surface area contributed by atoms with Crippen LogP contribution in [0.1, 0.15) is 12.8 Å². The number of rotatable bonds is 5. The number of ether oxygens (including phenoxy) is 1. The lowest BCUT2D eigenvalue weighted by Gasteiger charge is -2.06. The fraction of sp³-hybridized carbons (Fsp3) is 0.250. The van der Waals surface area contributed by atoms with Gasteiger partial charge in [-0.25, -0.2) is 4.79 Å². The molecule has 0 saturated carbocycles. The van der Waals surface area contributed by atoms with Crippen LogP contribution in [-0.2, 0) is 14.3 Å². The minimum atomic E-state index is -0.345. The molecule has 0 atom stereocenters. The molecule has 1 aromatic rings. The van der Waals surface area contributed by atoms with Gasteiger partial charge in [0.1, 0.15) is 11.6 Å². The molecule has 0 amide bonds. The molecule has 0 aliphatic rings. The average molecular weight is 219 g/mol. The zero-order valence-electron chi connectivity index (χ0n) is 9.03. The van der Waals surface area contributed by atoms with Crippen LogP contribution in [0.15, 0.2) is 36.0 Å². The van der Waals surface area contributed by atoms with Gasteiger partial charge in [-0.2, -0.15) is 0 Å². The molecule has 0 aromatic heterocycles. The number of benzene rings is 1. The molecular weight excluding hydrogens is 206 g/mol. The number of carbonyl (C=O) groups is 1. The molecule has 0 aliphatic heterocycles. The van der Waals surface area contributed by atoms with Crippen LogP contribution in [-0.4, -0.2) is 19.0 Å². The molecule has 0 aliphatic carbocycles. The molecule has 0 fully saturated rings. The fourth-order valence-electron chi connectivity index (χ4n) is 1.16. The standard InChI is InChI=1S/C12H13NO3/c1-16-12(15)8-7-11(9-14)13-10-5-3-2-4-6-10/h2-6,13H,7-8H2,1H3. The Kier molecular flexibility index (Phi) is 4.83. The lowest BCUT2D eigenvalue weighted by molar-refractivity contribution is -0.140. The van der Waals surface area contributed by atoms with Gasteiger partial charge >= 0.3 is 5.97 Å². The summed E-state index contributed by atoms with van der Waals surface area (Å²) < 4.78 is 4.49. The molecule has 0 saturated heterocycles. The van der Waals surface area contributed by atoms with Crippen molar-refractivity contribution < 1.29 is 14.3 Å². The van der Waals surface area contributed by atoms with Gasteiger partial charge in [0, 0.05) is 12.1 Å². The van der Waals surface area contributed by atoms with Crippen LogP contribution in [0, 0.1) is 0 Å². The maximum absolute atomic E-state index is 10.9. The Bertz CT molecular complexity index is 394. The van der Waals surface area contributed by atoms with Crippen molar-refractivity contribution in [2.45, 2.75) is 12.8 Å². The molecule has 1 aromatic carbocycles. The predicted molar refractivity (Wildman–Crippen MR) is 60.5 cm³/mol. The highest BCUT2D eigenvalue weighted by Gasteiger charge is 2.04. The van der Waals surface area contributed by atoms with Crippen molar-refractivity contribution >= 4 is 17.6 Å². The first kappa shape index (κ1) is 12.0. The molecule has 4 nitrogen and oxygen atoms in total. The first-order valence-electron chi connectivity index (χ1n) is 4.89. The minimum Gasteiger partial charge on any atom is -0.469 e. The SMILES string of the molecule is COC(=O)CCC(=C=O)Nc1ccccc1. The second-order valence-corrected chi connectivity index (χ2v) is 3.15. The van der Waals surface area contributed by atoms with Crippen LogP contribution in [0.25, 0.3) is 0 Å². The zero-order chi connectivity index (χ0) is 11.8. The van der Waals surface area contributed by atoms with E-state index < -0.39 is 0 Å². The highest BCUT2D eigenvalue weighted by atomic mass is 16.5. The maximum Gasteiger partial charge on any atom is 0.305 e. The smallest absolute Gasteiger partial charge is 0.305 e. The van der Waals surface area contributed by atoms with Crippen molar-refractivity contribution in [2.24, 2.45) is 0 Å². The summed E-state index contributed by atoms with van der Waals surface area (Å²) in [6.45, 7) is 0. The Hall–Kier alpha value is -2.06. The number of para-hydroxylation sites is 1. The lowest BCUT2D eigenvalue weighted by atomic mass is 10.2. The molecular formula is C12H13NO3. The molecule has 1 rings (SSSR count). The number of allylic oxidation sites excluding steroid dienone is 1. The first-order valence-corrected chi connectivity index (χ1v) is 4.89. The number of methoxy groups -OCH3 is 1. The normalized spacial score (nSPS) is 9.06. The molecule has 4 heteroatoms. The summed E-state index contributed by atoms with van der Waals surface area (Å²) in [5.41, 5.74) is 1.14. The van der Waals surface area contributed by atoms with E-state index in [0.29, 0.717) is 12.1 Å². The van der Waals surface area contributed by atoms with E-state index in [9.17, 15) is 9.59 Å². The zero-order valence-corrected chi connectivity index (χ0v) is 9.03. The molecule has 16 heavy (non-hydrogen) atoms. The Morgan fingerprint density at radius 1 is 1.31 bits per heavy atom. The van der Waals surface area contributed by atoms with Gasteiger partial charge in [0.2, 0.25) is 0 Å². The average Bonchev–Trinajstić information content (AvgIpc) is 2.35. The highest BCUT2D eigenvalue weighted by molar-refractivity contribution is 5.71. The van der Waals surface area contributed by atoms with E-state index in [2.05, 4.69) is 10.1 Å². The number of anilines is 1. The number of hydrogen-bond donors (Lipinski definition) is 1. The fourth-order valence-corrected chi connectivity index (χ4v) is 1.16. The van der Waals surface area contributed by atoms with Crippen LogP contribution < -0.4 is 5.32 Å². The summed E-state index contributed by atoms with van der Waals surface area (Å²) in [6.07, 6.45) is 0.464. The number of carbonyl (C=O) groups excluding carboxylic acids is 2. The predicted octanol–water partition coefficient (Wildman–Crippen LogP) is 1.77. The van der Waals surface area contributed by atoms with Crippen LogP contribution in [0.3, 0.4) is 0 Å². The number of hydrogen-bond acceptors (Lipinski definition) is 4. The van der Waals surface area contributed by atoms with Crippen molar-refractivity contribution in [1.82, 2.24) is 0 Å². The summed E-state index contributed by atoms with van der Waals surface area (Å²) in [5.74, 6) is 1.43. The summed E-state index contributed by atoms with van der Waals surface area (Å²) in [5, 5.41) is 2.89. The van der Waals surface area contributed by atoms with Crippen LogP contribution in [0.2, 0.25) is 0 Å². The van der Waals surface area contributed by atoms with Gasteiger partial charge in [0.05, 0.1) is 13.5 Å². The third-order valence-electron chi connectivity index (χ3n) is 2.00. The molecule has 0 unspecified atom stereocenters. The highest BCUT2D eigenvalue weighted by Crippen LogP contribution is 2.10. The van der Waals surface area contributed by atoms with Gasteiger partial charge in [0.25, 0.3) is 0 Å². The summed E-state index contributed by atoms with van der Waals surface area (Å²) in [4.78, 5) is 21.5. The monoisotopic (exact) mass is 219 g/mol. The van der Waals surface area contributed by atoms with Crippen molar-refractivity contribution in [3.8, 4) is 0 Å². The van der Waals surface area contributed by atoms with Gasteiger partial charge < -0.3 is 10.1 Å². The van der Waals surface area contributed by atoms with Crippen LogP contribution >= 0.6 is 0 Å². The van der Waals surface area contributed by atoms with Crippen molar-refractivity contribution in [3.63, 3.8) is 0 Å². The second kappa shape index (κ2) is 6.43. The van der Waals surface area contributed by atoms with Gasteiger partial charge in [-0.15, -0.1) is 0 Å². The molecule has 1 N–H and O–H groups in total. The first-order chi connectivity index (χ1) is 7.76. The van der Waals surface area contributed by atoms with E-state index in [1.165, 1.54) is 7.11 Å². The molecule has 0 bridgehead atoms. The Morgan fingerprint density at radius 2 is 2.00 bits per heavy atom. The quantitative estimate of drug-likeness (QED) is 0.605. The maximum atomic E-state index is 10.9. The Labute approximate surface area is 93.9 Å². The van der Waals surface area contributed by atoms with Crippen molar-refractivity contribution in [1.29, 1.82) is 0 Å². The largest absolute Gasteiger partial charge is 0.469 e. The summed E-state index contributed by atoms with van der Waals surface area (Å²) >= 11 is 0. The topological polar surface area (TPSA) is 55.4 Å². The molecule has 0 heterocycles. The van der Waals surface area contributed by atoms with Gasteiger partial charge in [-0.05, 0) is 12.1 Å². The van der Waals surface area contributed by atoms with Crippen molar-refractivity contribution in [3.05, 3.63) is 36.0 Å². The van der Waals surface area contributed by atoms with E-state index in [4.69, 9.17) is 0 Å². The van der Waals surface area contributed by atoms with Crippen LogP contribution in [0.5, 0.6) is 0 Å². The Balaban J connectivity index is 2.51. The third-order valence-corrected chi connectivity index (χ3v) is 2.00. The van der Waals surface area contributed by atoms with Gasteiger partial charge in [-0.1, -0.05) is 18.2 Å². The summed E-state index contributed by atoms with van der Waals surface area (Å²) in [7, 11) is 1.32. The van der Waals surface area contributed by atoms with Gasteiger partial charge in [0.15, 0.2) is 0 Å². The van der Waals surface area contributed by atoms with E-state index >= 15 is 0 Å². The Morgan fingerprint density at radius 3 is 2.56 bits per heavy atom. The number of esters is 1. The number of nitrogens with one attached hydrogen (secondary N) is 1. The van der Waals surface area contributed by atoms with E-state index in [-0.39, 0.29) is 12.4 Å². The van der Waals surface area contributed by atoms with E-state index in [0.717, 1.165) is 5.69 Å². The summed E-state index contributed by atoms with van der Waals surface area (Å²) in [6, 6.07) is 9.24. The van der Waals surface area contributed by atoms with Gasteiger partial charge in [-0.3, -0.25) is 4.79 Å². The van der Waals surface area contributed by atoms with Crippen LogP contribution in [0.4, 0.5) is 5.69 Å². The molecule has 0 radical (unpaired) electrons. The van der Waals surface area contributed by atoms with Crippen molar-refractivity contribution in [2.75, 3.05) is 12.4 Å². The molecule has 84 valence electrons. The van der Waals surface area contributed by atoms with E-state index in [1.807, 2.05) is 30.3 Å². The lowest BCUT2D eigenvalue weighted by Crippen LogP contribution is -2.05. The minimum absolute atomic E-state index is 0.168. The van der Waals surface area contributed by atoms with E-state index in [1.54, 1.807) is 5.94 Å². The second-order valence-electron chi connectivity index (χ2n) is 3.15. The molecule has 0 spiro atoms.